The minimum atomic E-state index is 0.0433. The van der Waals surface area contributed by atoms with E-state index in [1.807, 2.05) is 0 Å². The summed E-state index contributed by atoms with van der Waals surface area (Å²) >= 11 is 5.60. The van der Waals surface area contributed by atoms with Crippen molar-refractivity contribution >= 4 is 18.1 Å². The van der Waals surface area contributed by atoms with Gasteiger partial charge in [-0.25, -0.2) is 0 Å². The van der Waals surface area contributed by atoms with E-state index in [2.05, 4.69) is 0 Å². The lowest BCUT2D eigenvalue weighted by Gasteiger charge is -2.07. The van der Waals surface area contributed by atoms with Crippen molar-refractivity contribution in [2.75, 3.05) is 12.5 Å². The van der Waals surface area contributed by atoms with E-state index in [1.165, 1.54) is 0 Å². The molecule has 0 radical (unpaired) electrons. The van der Waals surface area contributed by atoms with Crippen LogP contribution in [0, 0.1) is 0 Å². The molecule has 1 aromatic carbocycles. The third kappa shape index (κ3) is 2.65. The summed E-state index contributed by atoms with van der Waals surface area (Å²) in [5.41, 5.74) is 0. The summed E-state index contributed by atoms with van der Waals surface area (Å²) < 4.78 is 15.5. The Labute approximate surface area is 98.1 Å². The Balaban J connectivity index is 1.90. The van der Waals surface area contributed by atoms with E-state index in [1.54, 1.807) is 24.3 Å². The number of halogens is 1. The maximum Gasteiger partial charge on any atom is 0.298 e. The molecule has 1 aliphatic rings. The second-order valence-corrected chi connectivity index (χ2v) is 3.65. The first kappa shape index (κ1) is 11.2. The van der Waals surface area contributed by atoms with Gasteiger partial charge in [-0.1, -0.05) is 12.1 Å². The predicted octanol–water partition coefficient (Wildman–Crippen LogP) is 1.61. The van der Waals surface area contributed by atoms with E-state index < -0.39 is 0 Å². The molecule has 16 heavy (non-hydrogen) atoms. The number of hydrogen-bond donors (Lipinski definition) is 0. The first-order valence-electron chi connectivity index (χ1n) is 4.88. The summed E-state index contributed by atoms with van der Waals surface area (Å²) in [6.07, 6.45) is 0.127. The topological polar surface area (TPSA) is 48.1 Å². The van der Waals surface area contributed by atoms with E-state index in [4.69, 9.17) is 25.8 Å². The Morgan fingerprint density at radius 1 is 1.31 bits per heavy atom. The van der Waals surface area contributed by atoms with Gasteiger partial charge >= 0.3 is 0 Å². The van der Waals surface area contributed by atoms with E-state index in [0.717, 1.165) is 0 Å². The molecule has 5 heteroatoms. The van der Waals surface area contributed by atoms with Crippen molar-refractivity contribution in [2.24, 2.45) is 0 Å². The molecule has 1 saturated heterocycles. The van der Waals surface area contributed by atoms with E-state index in [9.17, 15) is 4.79 Å². The molecule has 0 bridgehead atoms. The summed E-state index contributed by atoms with van der Waals surface area (Å²) in [5.74, 6) is 1.40. The van der Waals surface area contributed by atoms with Gasteiger partial charge in [0.15, 0.2) is 11.5 Å². The maximum atomic E-state index is 10.3. The number of epoxide rings is 1. The fourth-order valence-corrected chi connectivity index (χ4v) is 1.62. The Kier molecular flexibility index (Phi) is 3.64. The van der Waals surface area contributed by atoms with Crippen LogP contribution in [0.2, 0.25) is 0 Å². The van der Waals surface area contributed by atoms with Crippen molar-refractivity contribution in [3.8, 4) is 11.5 Å². The van der Waals surface area contributed by atoms with Gasteiger partial charge in [-0.2, -0.15) is 0 Å². The van der Waals surface area contributed by atoms with Gasteiger partial charge in [0.05, 0.1) is 5.88 Å². The minimum absolute atomic E-state index is 0.0433. The molecule has 0 spiro atoms. The van der Waals surface area contributed by atoms with Crippen molar-refractivity contribution in [1.82, 2.24) is 0 Å². The molecule has 0 saturated carbocycles. The smallest absolute Gasteiger partial charge is 0.298 e. The second kappa shape index (κ2) is 5.18. The van der Waals surface area contributed by atoms with Crippen LogP contribution in [0.15, 0.2) is 24.3 Å². The summed E-state index contributed by atoms with van der Waals surface area (Å²) in [6, 6.07) is 6.97. The molecular formula is C11H11ClO4. The molecule has 4 nitrogen and oxygen atoms in total. The molecule has 1 heterocycles. The number of ether oxygens (including phenoxy) is 3. The highest BCUT2D eigenvalue weighted by molar-refractivity contribution is 6.18. The Hall–Kier alpha value is -1.26. The molecule has 86 valence electrons. The lowest BCUT2D eigenvalue weighted by atomic mass is 10.3. The Morgan fingerprint density at radius 2 is 2.06 bits per heavy atom. The quantitative estimate of drug-likeness (QED) is 0.432. The Morgan fingerprint density at radius 3 is 2.69 bits per heavy atom. The molecule has 1 fully saturated rings. The van der Waals surface area contributed by atoms with Gasteiger partial charge in [0, 0.05) is 0 Å². The van der Waals surface area contributed by atoms with E-state index in [0.29, 0.717) is 30.5 Å². The summed E-state index contributed by atoms with van der Waals surface area (Å²) in [4.78, 5) is 10.3. The second-order valence-electron chi connectivity index (χ2n) is 3.34. The normalized spacial score (nSPS) is 22.6. The standard InChI is InChI=1S/C11H11ClO4/c12-5-10-11(16-10)6-14-8-3-1-2-4-9(8)15-7-13/h1-4,7,10-11H,5-6H2/t10-,11-/m0/s1. The number of carbonyl (C=O) groups is 1. The SMILES string of the molecule is O=COc1ccccc1OC[C@@H]1O[C@H]1CCl. The van der Waals surface area contributed by atoms with Gasteiger partial charge in [0.2, 0.25) is 0 Å². The van der Waals surface area contributed by atoms with Gasteiger partial charge in [0.1, 0.15) is 18.8 Å². The fraction of sp³-hybridized carbons (Fsp3) is 0.364. The molecule has 2 atom stereocenters. The number of para-hydroxylation sites is 2. The zero-order valence-corrected chi connectivity index (χ0v) is 9.22. The van der Waals surface area contributed by atoms with Crippen LogP contribution in [0.3, 0.4) is 0 Å². The molecule has 1 aromatic rings. The molecule has 0 aromatic heterocycles. The zero-order valence-electron chi connectivity index (χ0n) is 8.47. The molecule has 1 aliphatic heterocycles. The number of rotatable bonds is 6. The van der Waals surface area contributed by atoms with Crippen molar-refractivity contribution in [1.29, 1.82) is 0 Å². The third-order valence-corrected chi connectivity index (χ3v) is 2.57. The molecule has 0 amide bonds. The average Bonchev–Trinajstić information content (AvgIpc) is 3.07. The average molecular weight is 243 g/mol. The third-order valence-electron chi connectivity index (χ3n) is 2.27. The van der Waals surface area contributed by atoms with Crippen LogP contribution >= 0.6 is 11.6 Å². The molecular weight excluding hydrogens is 232 g/mol. The van der Waals surface area contributed by atoms with Crippen LogP contribution < -0.4 is 9.47 Å². The summed E-state index contributed by atoms with van der Waals surface area (Å²) in [5, 5.41) is 0. The van der Waals surface area contributed by atoms with Crippen molar-refractivity contribution in [3.05, 3.63) is 24.3 Å². The van der Waals surface area contributed by atoms with Crippen LogP contribution in [0.1, 0.15) is 0 Å². The van der Waals surface area contributed by atoms with E-state index in [-0.39, 0.29) is 12.2 Å². The largest absolute Gasteiger partial charge is 0.487 e. The first-order valence-corrected chi connectivity index (χ1v) is 5.42. The van der Waals surface area contributed by atoms with Gasteiger partial charge in [-0.3, -0.25) is 4.79 Å². The van der Waals surface area contributed by atoms with Crippen LogP contribution in [0.5, 0.6) is 11.5 Å². The fourth-order valence-electron chi connectivity index (χ4n) is 1.35. The van der Waals surface area contributed by atoms with Gasteiger partial charge < -0.3 is 14.2 Å². The summed E-state index contributed by atoms with van der Waals surface area (Å²) in [7, 11) is 0. The van der Waals surface area contributed by atoms with Crippen molar-refractivity contribution < 1.29 is 19.0 Å². The van der Waals surface area contributed by atoms with Crippen LogP contribution in [0.25, 0.3) is 0 Å². The number of carbonyl (C=O) groups excluding carboxylic acids is 1. The maximum absolute atomic E-state index is 10.3. The zero-order chi connectivity index (χ0) is 11.4. The van der Waals surface area contributed by atoms with Crippen LogP contribution in [-0.2, 0) is 9.53 Å². The van der Waals surface area contributed by atoms with Crippen LogP contribution in [-0.4, -0.2) is 31.2 Å². The number of benzene rings is 1. The highest BCUT2D eigenvalue weighted by Gasteiger charge is 2.38. The molecule has 0 N–H and O–H groups in total. The van der Waals surface area contributed by atoms with Gasteiger partial charge in [-0.05, 0) is 12.1 Å². The molecule has 0 unspecified atom stereocenters. The highest BCUT2D eigenvalue weighted by Crippen LogP contribution is 2.29. The summed E-state index contributed by atoms with van der Waals surface area (Å²) in [6.45, 7) is 0.786. The number of alkyl halides is 1. The molecule has 2 rings (SSSR count). The monoisotopic (exact) mass is 242 g/mol. The van der Waals surface area contributed by atoms with E-state index >= 15 is 0 Å². The van der Waals surface area contributed by atoms with Crippen LogP contribution in [0.4, 0.5) is 0 Å². The number of hydrogen-bond acceptors (Lipinski definition) is 4. The van der Waals surface area contributed by atoms with Crippen molar-refractivity contribution in [3.63, 3.8) is 0 Å². The Bertz CT molecular complexity index is 369. The lowest BCUT2D eigenvalue weighted by molar-refractivity contribution is -0.120. The first-order chi connectivity index (χ1) is 7.85. The van der Waals surface area contributed by atoms with Gasteiger partial charge in [-0.15, -0.1) is 11.6 Å². The predicted molar refractivity (Wildman–Crippen MR) is 58.0 cm³/mol. The highest BCUT2D eigenvalue weighted by atomic mass is 35.5. The van der Waals surface area contributed by atoms with Gasteiger partial charge in [0.25, 0.3) is 6.47 Å². The minimum Gasteiger partial charge on any atom is -0.487 e. The lowest BCUT2D eigenvalue weighted by Crippen LogP contribution is -2.09. The molecule has 0 aliphatic carbocycles. The van der Waals surface area contributed by atoms with Crippen molar-refractivity contribution in [2.45, 2.75) is 12.2 Å².